The highest BCUT2D eigenvalue weighted by Crippen LogP contribution is 2.29. The predicted molar refractivity (Wildman–Crippen MR) is 89.0 cm³/mol. The molecule has 0 aliphatic rings. The van der Waals surface area contributed by atoms with Crippen molar-refractivity contribution in [2.75, 3.05) is 20.1 Å². The average Bonchev–Trinajstić information content (AvgIpc) is 2.53. The Hall–Kier alpha value is -2.27. The number of carboxylic acids is 1. The summed E-state index contributed by atoms with van der Waals surface area (Å²) >= 11 is 0. The Morgan fingerprint density at radius 3 is 1.88 bits per heavy atom. The van der Waals surface area contributed by atoms with Gasteiger partial charge in [0.05, 0.1) is 6.54 Å². The normalized spacial score (nSPS) is 11.2. The molecule has 0 bridgehead atoms. The van der Waals surface area contributed by atoms with Crippen LogP contribution in [0.15, 0.2) is 48.5 Å². The fourth-order valence-corrected chi connectivity index (χ4v) is 2.79. The van der Waals surface area contributed by atoms with Gasteiger partial charge in [0.2, 0.25) is 0 Å². The number of hydrogen-bond donors (Lipinski definition) is 1. The molecule has 0 fully saturated rings. The third-order valence-corrected chi connectivity index (χ3v) is 3.98. The molecule has 5 heteroatoms. The lowest BCUT2D eigenvalue weighted by Crippen LogP contribution is -2.26. The molecule has 0 aromatic heterocycles. The van der Waals surface area contributed by atoms with Gasteiger partial charge in [-0.3, -0.25) is 9.69 Å². The van der Waals surface area contributed by atoms with Crippen LogP contribution in [-0.4, -0.2) is 36.1 Å². The van der Waals surface area contributed by atoms with Crippen molar-refractivity contribution >= 4 is 5.97 Å². The van der Waals surface area contributed by atoms with Crippen molar-refractivity contribution in [3.8, 4) is 0 Å². The maximum absolute atomic E-state index is 13.2. The first kappa shape index (κ1) is 18.1. The summed E-state index contributed by atoms with van der Waals surface area (Å²) in [5.74, 6) is -1.42. The van der Waals surface area contributed by atoms with E-state index in [1.165, 1.54) is 24.3 Å². The van der Waals surface area contributed by atoms with Crippen LogP contribution in [0.5, 0.6) is 0 Å². The molecule has 0 aliphatic carbocycles. The first-order valence-electron chi connectivity index (χ1n) is 7.87. The highest BCUT2D eigenvalue weighted by atomic mass is 19.1. The van der Waals surface area contributed by atoms with Gasteiger partial charge in [0.25, 0.3) is 0 Å². The molecule has 2 rings (SSSR count). The highest BCUT2D eigenvalue weighted by molar-refractivity contribution is 5.68. The Morgan fingerprint density at radius 2 is 1.46 bits per heavy atom. The van der Waals surface area contributed by atoms with Crippen molar-refractivity contribution in [2.45, 2.75) is 18.8 Å². The third kappa shape index (κ3) is 5.42. The summed E-state index contributed by atoms with van der Waals surface area (Å²) in [5, 5.41) is 8.79. The Bertz CT molecular complexity index is 611. The summed E-state index contributed by atoms with van der Waals surface area (Å²) in [6.07, 6.45) is 1.55. The van der Waals surface area contributed by atoms with Gasteiger partial charge in [0, 0.05) is 5.92 Å². The van der Waals surface area contributed by atoms with Gasteiger partial charge in [-0.2, -0.15) is 0 Å². The average molecular weight is 333 g/mol. The second-order valence-corrected chi connectivity index (χ2v) is 5.93. The molecule has 128 valence electrons. The van der Waals surface area contributed by atoms with Gasteiger partial charge < -0.3 is 5.11 Å². The molecule has 0 saturated heterocycles. The van der Waals surface area contributed by atoms with Crippen molar-refractivity contribution in [3.05, 3.63) is 71.3 Å². The lowest BCUT2D eigenvalue weighted by atomic mass is 9.87. The van der Waals surface area contributed by atoms with Crippen LogP contribution < -0.4 is 0 Å². The molecule has 0 atom stereocenters. The lowest BCUT2D eigenvalue weighted by molar-refractivity contribution is -0.137. The van der Waals surface area contributed by atoms with Crippen LogP contribution in [0.4, 0.5) is 8.78 Å². The summed E-state index contributed by atoms with van der Waals surface area (Å²) in [5.41, 5.74) is 1.92. The van der Waals surface area contributed by atoms with E-state index in [1.807, 2.05) is 0 Å². The molecule has 0 spiro atoms. The van der Waals surface area contributed by atoms with E-state index in [2.05, 4.69) is 0 Å². The molecule has 3 nitrogen and oxygen atoms in total. The lowest BCUT2D eigenvalue weighted by Gasteiger charge is -2.20. The van der Waals surface area contributed by atoms with Gasteiger partial charge in [-0.05, 0) is 61.8 Å². The van der Waals surface area contributed by atoms with E-state index in [0.717, 1.165) is 24.0 Å². The number of rotatable bonds is 8. The number of aliphatic carboxylic acids is 1. The number of carbonyl (C=O) groups is 1. The van der Waals surface area contributed by atoms with Crippen molar-refractivity contribution < 1.29 is 18.7 Å². The summed E-state index contributed by atoms with van der Waals surface area (Å²) in [6, 6.07) is 12.6. The number of halogens is 2. The van der Waals surface area contributed by atoms with Gasteiger partial charge in [-0.15, -0.1) is 0 Å². The molecule has 0 amide bonds. The molecule has 2 aromatic carbocycles. The molecule has 24 heavy (non-hydrogen) atoms. The van der Waals surface area contributed by atoms with E-state index in [0.29, 0.717) is 6.54 Å². The van der Waals surface area contributed by atoms with Gasteiger partial charge in [-0.25, -0.2) is 8.78 Å². The number of nitrogens with zero attached hydrogens (tertiary/aromatic N) is 1. The van der Waals surface area contributed by atoms with Crippen LogP contribution in [-0.2, 0) is 4.79 Å². The number of hydrogen-bond acceptors (Lipinski definition) is 2. The molecule has 0 heterocycles. The SMILES string of the molecule is CN(CCCC(c1ccc(F)cc1)c1ccc(F)cc1)CC(=O)O. The van der Waals surface area contributed by atoms with Gasteiger partial charge in [0.15, 0.2) is 0 Å². The summed E-state index contributed by atoms with van der Waals surface area (Å²) in [4.78, 5) is 12.4. The van der Waals surface area contributed by atoms with Crippen LogP contribution in [0.1, 0.15) is 29.9 Å². The van der Waals surface area contributed by atoms with E-state index >= 15 is 0 Å². The Morgan fingerprint density at radius 1 is 1.00 bits per heavy atom. The second kappa shape index (κ2) is 8.55. The first-order valence-corrected chi connectivity index (χ1v) is 7.87. The molecule has 0 unspecified atom stereocenters. The predicted octanol–water partition coefficient (Wildman–Crippen LogP) is 3.89. The van der Waals surface area contributed by atoms with E-state index in [-0.39, 0.29) is 24.1 Å². The fourth-order valence-electron chi connectivity index (χ4n) is 2.79. The summed E-state index contributed by atoms with van der Waals surface area (Å²) in [6.45, 7) is 0.642. The van der Waals surface area contributed by atoms with Gasteiger partial charge >= 0.3 is 5.97 Å². The fraction of sp³-hybridized carbons (Fsp3) is 0.316. The molecule has 1 N–H and O–H groups in total. The Kier molecular flexibility index (Phi) is 6.44. The monoisotopic (exact) mass is 333 g/mol. The van der Waals surface area contributed by atoms with Gasteiger partial charge in [0.1, 0.15) is 11.6 Å². The Labute approximate surface area is 140 Å². The van der Waals surface area contributed by atoms with Crippen molar-refractivity contribution in [3.63, 3.8) is 0 Å². The minimum absolute atomic E-state index is 0.00222. The van der Waals surface area contributed by atoms with E-state index in [9.17, 15) is 13.6 Å². The van der Waals surface area contributed by atoms with Crippen LogP contribution in [0.25, 0.3) is 0 Å². The minimum Gasteiger partial charge on any atom is -0.480 e. The standard InChI is InChI=1S/C19H21F2NO2/c1-22(13-19(23)24)12-2-3-18(14-4-8-16(20)9-5-14)15-6-10-17(21)11-7-15/h4-11,18H,2-3,12-13H2,1H3,(H,23,24). The second-order valence-electron chi connectivity index (χ2n) is 5.93. The minimum atomic E-state index is -0.855. The quantitative estimate of drug-likeness (QED) is 0.797. The smallest absolute Gasteiger partial charge is 0.317 e. The third-order valence-electron chi connectivity index (χ3n) is 3.98. The van der Waals surface area contributed by atoms with Crippen molar-refractivity contribution in [2.24, 2.45) is 0 Å². The van der Waals surface area contributed by atoms with Crippen molar-refractivity contribution in [1.29, 1.82) is 0 Å². The molecule has 0 saturated carbocycles. The molecule has 2 aromatic rings. The molecular weight excluding hydrogens is 312 g/mol. The van der Waals surface area contributed by atoms with E-state index in [4.69, 9.17) is 5.11 Å². The zero-order chi connectivity index (χ0) is 17.5. The van der Waals surface area contributed by atoms with Gasteiger partial charge in [-0.1, -0.05) is 24.3 Å². The maximum Gasteiger partial charge on any atom is 0.317 e. The van der Waals surface area contributed by atoms with Crippen LogP contribution in [0.2, 0.25) is 0 Å². The number of carboxylic acid groups (broad SMARTS) is 1. The Balaban J connectivity index is 2.09. The maximum atomic E-state index is 13.2. The van der Waals surface area contributed by atoms with Crippen LogP contribution in [0.3, 0.4) is 0 Å². The molecular formula is C19H21F2NO2. The largest absolute Gasteiger partial charge is 0.480 e. The number of benzene rings is 2. The van der Waals surface area contributed by atoms with Crippen LogP contribution in [0, 0.1) is 11.6 Å². The molecule has 0 radical (unpaired) electrons. The highest BCUT2D eigenvalue weighted by Gasteiger charge is 2.15. The van der Waals surface area contributed by atoms with Crippen LogP contribution >= 0.6 is 0 Å². The van der Waals surface area contributed by atoms with E-state index < -0.39 is 5.97 Å². The molecule has 0 aliphatic heterocycles. The number of likely N-dealkylation sites (N-methyl/N-ethyl adjacent to an activating group) is 1. The van der Waals surface area contributed by atoms with Crippen molar-refractivity contribution in [1.82, 2.24) is 4.90 Å². The topological polar surface area (TPSA) is 40.5 Å². The first-order chi connectivity index (χ1) is 11.5. The zero-order valence-electron chi connectivity index (χ0n) is 13.6. The zero-order valence-corrected chi connectivity index (χ0v) is 13.6. The van der Waals surface area contributed by atoms with E-state index in [1.54, 1.807) is 36.2 Å². The summed E-state index contributed by atoms with van der Waals surface area (Å²) in [7, 11) is 1.76. The summed E-state index contributed by atoms with van der Waals surface area (Å²) < 4.78 is 26.3.